The van der Waals surface area contributed by atoms with Crippen molar-refractivity contribution in [2.75, 3.05) is 33.4 Å². The zero-order chi connectivity index (χ0) is 26.0. The molecule has 10 nitrogen and oxygen atoms in total. The maximum absolute atomic E-state index is 13.3. The minimum absolute atomic E-state index is 0.0384. The molecule has 0 saturated carbocycles. The van der Waals surface area contributed by atoms with Crippen LogP contribution < -0.4 is 14.8 Å². The fourth-order valence-corrected chi connectivity index (χ4v) is 5.26. The lowest BCUT2D eigenvalue weighted by Crippen LogP contribution is -2.57. The Bertz CT molecular complexity index is 1030. The summed E-state index contributed by atoms with van der Waals surface area (Å²) in [7, 11) is 1.45. The Hall–Kier alpha value is -2.95. The topological polar surface area (TPSA) is 135 Å². The third-order valence-electron chi connectivity index (χ3n) is 6.97. The summed E-state index contributed by atoms with van der Waals surface area (Å²) in [5.41, 5.74) is 1.18. The largest absolute Gasteiger partial charge is 0.493 e. The van der Waals surface area contributed by atoms with Gasteiger partial charge in [-0.05, 0) is 31.1 Å². The number of ether oxygens (including phenoxy) is 3. The van der Waals surface area contributed by atoms with Crippen LogP contribution in [0.15, 0.2) is 23.8 Å². The third-order valence-corrected chi connectivity index (χ3v) is 6.97. The maximum atomic E-state index is 13.3. The first-order valence-corrected chi connectivity index (χ1v) is 12.3. The molecule has 0 spiro atoms. The first-order valence-electron chi connectivity index (χ1n) is 12.3. The molecular weight excluding hydrogens is 468 g/mol. The first kappa shape index (κ1) is 26.1. The zero-order valence-electron chi connectivity index (χ0n) is 20.8. The van der Waals surface area contributed by atoms with Gasteiger partial charge in [-0.15, -0.1) is 0 Å². The van der Waals surface area contributed by atoms with Crippen LogP contribution >= 0.6 is 0 Å². The molecule has 1 saturated heterocycles. The second-order valence-electron chi connectivity index (χ2n) is 9.68. The molecule has 4 rings (SSSR count). The summed E-state index contributed by atoms with van der Waals surface area (Å²) in [6.07, 6.45) is 1.78. The van der Waals surface area contributed by atoms with Crippen LogP contribution in [0.4, 0.5) is 0 Å². The van der Waals surface area contributed by atoms with Gasteiger partial charge < -0.3 is 34.6 Å². The molecule has 3 aliphatic rings. The van der Waals surface area contributed by atoms with E-state index in [-0.39, 0.29) is 37.6 Å². The second kappa shape index (κ2) is 11.0. The van der Waals surface area contributed by atoms with Gasteiger partial charge in [0, 0.05) is 42.3 Å². The second-order valence-corrected chi connectivity index (χ2v) is 9.68. The predicted octanol–water partition coefficient (Wildman–Crippen LogP) is 0.794. The molecule has 1 fully saturated rings. The molecule has 10 heteroatoms. The highest BCUT2D eigenvalue weighted by Crippen LogP contribution is 2.51. The Morgan fingerprint density at radius 2 is 2.11 bits per heavy atom. The number of nitrogens with zero attached hydrogens (tertiary/aromatic N) is 1. The lowest BCUT2D eigenvalue weighted by atomic mass is 9.77. The van der Waals surface area contributed by atoms with Crippen molar-refractivity contribution in [3.63, 3.8) is 0 Å². The number of aliphatic hydroxyl groups is 2. The summed E-state index contributed by atoms with van der Waals surface area (Å²) in [6.45, 7) is 4.27. The minimum Gasteiger partial charge on any atom is -0.493 e. The smallest absolute Gasteiger partial charge is 0.247 e. The van der Waals surface area contributed by atoms with Crippen molar-refractivity contribution >= 4 is 18.1 Å². The predicted molar refractivity (Wildman–Crippen MR) is 129 cm³/mol. The van der Waals surface area contributed by atoms with Gasteiger partial charge >= 0.3 is 0 Å². The van der Waals surface area contributed by atoms with Gasteiger partial charge in [-0.25, -0.2) is 0 Å². The van der Waals surface area contributed by atoms with Crippen molar-refractivity contribution < 1.29 is 38.8 Å². The summed E-state index contributed by atoms with van der Waals surface area (Å²) in [5.74, 6) is -0.990. The quantitative estimate of drug-likeness (QED) is 0.422. The molecule has 1 aromatic rings. The number of fused-ring (bicyclic) bond motifs is 3. The van der Waals surface area contributed by atoms with E-state index in [2.05, 4.69) is 5.32 Å². The molecule has 2 heterocycles. The van der Waals surface area contributed by atoms with Gasteiger partial charge in [0.1, 0.15) is 18.5 Å². The van der Waals surface area contributed by atoms with Gasteiger partial charge in [-0.3, -0.25) is 14.4 Å². The van der Waals surface area contributed by atoms with Gasteiger partial charge in [-0.2, -0.15) is 0 Å². The number of methoxy groups -OCH3 is 1. The van der Waals surface area contributed by atoms with Gasteiger partial charge in [0.15, 0.2) is 11.5 Å². The number of aldehydes is 1. The molecule has 2 aliphatic heterocycles. The highest BCUT2D eigenvalue weighted by Gasteiger charge is 2.51. The number of benzene rings is 1. The van der Waals surface area contributed by atoms with E-state index in [1.54, 1.807) is 30.9 Å². The standard InChI is InChI=1S/C26H34N2O8/c1-14(2)26(33)28(12-16-5-4-8-35-16)19-11-18(25(32)27-6-7-29)21-17-9-15(13-30)10-20(34-3)23(17)36-24(21)22(19)31/h9-11,13-14,16,19,21-22,24,29,31H,4-8,12H2,1-3H3,(H,27,32)/t16-,19+,21-,22-,24-/m0/s1. The van der Waals surface area contributed by atoms with Crippen molar-refractivity contribution in [2.24, 2.45) is 5.92 Å². The van der Waals surface area contributed by atoms with Gasteiger partial charge in [-0.1, -0.05) is 13.8 Å². The van der Waals surface area contributed by atoms with E-state index in [0.717, 1.165) is 12.8 Å². The fraction of sp³-hybridized carbons (Fsp3) is 0.577. The Kier molecular flexibility index (Phi) is 7.97. The van der Waals surface area contributed by atoms with E-state index < -0.39 is 30.1 Å². The van der Waals surface area contributed by atoms with Gasteiger partial charge in [0.05, 0.1) is 31.8 Å². The van der Waals surface area contributed by atoms with Crippen LogP contribution in [0.25, 0.3) is 0 Å². The van der Waals surface area contributed by atoms with Crippen molar-refractivity contribution in [2.45, 2.75) is 57.0 Å². The Morgan fingerprint density at radius 3 is 2.72 bits per heavy atom. The summed E-state index contributed by atoms with van der Waals surface area (Å²) in [4.78, 5) is 39.8. The van der Waals surface area contributed by atoms with Gasteiger partial charge in [0.2, 0.25) is 11.8 Å². The number of carbonyl (C=O) groups excluding carboxylic acids is 3. The minimum atomic E-state index is -1.16. The van der Waals surface area contributed by atoms with E-state index in [9.17, 15) is 24.6 Å². The van der Waals surface area contributed by atoms with Crippen LogP contribution in [0.1, 0.15) is 48.5 Å². The summed E-state index contributed by atoms with van der Waals surface area (Å²) in [6, 6.07) is 2.32. The van der Waals surface area contributed by atoms with Crippen LogP contribution in [0.2, 0.25) is 0 Å². The molecule has 3 N–H and O–H groups in total. The highest BCUT2D eigenvalue weighted by molar-refractivity contribution is 5.96. The average molecular weight is 503 g/mol. The van der Waals surface area contributed by atoms with Crippen LogP contribution in [-0.2, 0) is 14.3 Å². The third kappa shape index (κ3) is 4.85. The number of hydrogen-bond acceptors (Lipinski definition) is 8. The molecule has 0 unspecified atom stereocenters. The van der Waals surface area contributed by atoms with Crippen LogP contribution in [0.5, 0.6) is 11.5 Å². The fourth-order valence-electron chi connectivity index (χ4n) is 5.26. The average Bonchev–Trinajstić information content (AvgIpc) is 3.53. The van der Waals surface area contributed by atoms with E-state index in [0.29, 0.717) is 41.1 Å². The van der Waals surface area contributed by atoms with E-state index in [1.807, 2.05) is 0 Å². The number of hydrogen-bond donors (Lipinski definition) is 3. The molecule has 0 bridgehead atoms. The number of nitrogens with one attached hydrogen (secondary N) is 1. The maximum Gasteiger partial charge on any atom is 0.247 e. The Morgan fingerprint density at radius 1 is 1.33 bits per heavy atom. The lowest BCUT2D eigenvalue weighted by Gasteiger charge is -2.42. The molecule has 1 aromatic carbocycles. The molecule has 2 amide bonds. The molecular formula is C26H34N2O8. The number of aliphatic hydroxyl groups excluding tert-OH is 2. The highest BCUT2D eigenvalue weighted by atomic mass is 16.5. The van der Waals surface area contributed by atoms with E-state index >= 15 is 0 Å². The molecule has 196 valence electrons. The number of rotatable bonds is 9. The molecule has 0 radical (unpaired) electrons. The number of carbonyl (C=O) groups is 3. The van der Waals surface area contributed by atoms with Crippen LogP contribution in [0, 0.1) is 5.92 Å². The molecule has 1 aliphatic carbocycles. The van der Waals surface area contributed by atoms with Crippen molar-refractivity contribution in [1.82, 2.24) is 10.2 Å². The Balaban J connectivity index is 1.80. The summed E-state index contributed by atoms with van der Waals surface area (Å²) < 4.78 is 17.4. The van der Waals surface area contributed by atoms with Gasteiger partial charge in [0.25, 0.3) is 0 Å². The lowest BCUT2D eigenvalue weighted by molar-refractivity contribution is -0.142. The summed E-state index contributed by atoms with van der Waals surface area (Å²) >= 11 is 0. The van der Waals surface area contributed by atoms with Crippen molar-refractivity contribution in [1.29, 1.82) is 0 Å². The Labute approximate surface area is 210 Å². The SMILES string of the molecule is COc1cc(C=O)cc2c1O[C@@H]1[C@@H](O)[C@H](N(C[C@@H]3CCCO3)C(=O)C(C)C)C=C(C(=O)NCCO)[C@H]21. The first-order chi connectivity index (χ1) is 17.3. The number of amides is 2. The van der Waals surface area contributed by atoms with Crippen LogP contribution in [-0.4, -0.2) is 91.0 Å². The van der Waals surface area contributed by atoms with E-state index in [1.165, 1.54) is 13.2 Å². The van der Waals surface area contributed by atoms with Crippen molar-refractivity contribution in [3.05, 3.63) is 34.9 Å². The zero-order valence-corrected chi connectivity index (χ0v) is 20.8. The normalized spacial score (nSPS) is 26.5. The molecule has 0 aromatic heterocycles. The summed E-state index contributed by atoms with van der Waals surface area (Å²) in [5, 5.41) is 23.5. The monoisotopic (exact) mass is 502 g/mol. The van der Waals surface area contributed by atoms with Crippen LogP contribution in [0.3, 0.4) is 0 Å². The molecule has 5 atom stereocenters. The molecule has 36 heavy (non-hydrogen) atoms. The van der Waals surface area contributed by atoms with Crippen molar-refractivity contribution in [3.8, 4) is 11.5 Å². The van der Waals surface area contributed by atoms with E-state index in [4.69, 9.17) is 14.2 Å².